The van der Waals surface area contributed by atoms with Crippen LogP contribution in [0.1, 0.15) is 18.5 Å². The van der Waals surface area contributed by atoms with Crippen molar-refractivity contribution in [2.24, 2.45) is 4.99 Å². The molecule has 0 aromatic carbocycles. The molecule has 0 fully saturated rings. The minimum absolute atomic E-state index is 0.0252. The lowest BCUT2D eigenvalue weighted by Gasteiger charge is -2.24. The van der Waals surface area contributed by atoms with Crippen LogP contribution in [-0.4, -0.2) is 27.9 Å². The van der Waals surface area contributed by atoms with E-state index in [1.807, 2.05) is 6.07 Å². The van der Waals surface area contributed by atoms with Gasteiger partial charge in [-0.25, -0.2) is 4.39 Å². The van der Waals surface area contributed by atoms with Gasteiger partial charge in [0, 0.05) is 25.6 Å². The molecule has 0 radical (unpaired) electrons. The molecule has 2 rings (SSSR count). The second-order valence-corrected chi connectivity index (χ2v) is 3.73. The molecule has 0 saturated heterocycles. The van der Waals surface area contributed by atoms with Crippen molar-refractivity contribution in [3.05, 3.63) is 29.8 Å². The molecule has 5 heteroatoms. The smallest absolute Gasteiger partial charge is 0.158 e. The van der Waals surface area contributed by atoms with E-state index in [-0.39, 0.29) is 18.5 Å². The van der Waals surface area contributed by atoms with Crippen LogP contribution >= 0.6 is 0 Å². The van der Waals surface area contributed by atoms with Crippen LogP contribution < -0.4 is 0 Å². The summed E-state index contributed by atoms with van der Waals surface area (Å²) in [5.74, 6) is -0.483. The van der Waals surface area contributed by atoms with Gasteiger partial charge in [0.1, 0.15) is 5.69 Å². The average Bonchev–Trinajstić information content (AvgIpc) is 2.30. The van der Waals surface area contributed by atoms with Gasteiger partial charge in [0.15, 0.2) is 11.4 Å². The van der Waals surface area contributed by atoms with Gasteiger partial charge in [0.05, 0.1) is 11.8 Å². The van der Waals surface area contributed by atoms with Crippen molar-refractivity contribution in [3.8, 4) is 6.07 Å². The van der Waals surface area contributed by atoms with Gasteiger partial charge in [-0.1, -0.05) is 0 Å². The highest BCUT2D eigenvalue weighted by molar-refractivity contribution is 6.00. The Morgan fingerprint density at radius 1 is 1.56 bits per heavy atom. The van der Waals surface area contributed by atoms with Crippen molar-refractivity contribution < 1.29 is 9.50 Å². The van der Waals surface area contributed by atoms with Crippen LogP contribution in [0.3, 0.4) is 0 Å². The summed E-state index contributed by atoms with van der Waals surface area (Å²) in [5, 5.41) is 18.6. The van der Waals surface area contributed by atoms with Crippen LogP contribution in [0.15, 0.2) is 23.3 Å². The summed E-state index contributed by atoms with van der Waals surface area (Å²) in [6, 6.07) is 4.59. The highest BCUT2D eigenvalue weighted by Gasteiger charge is 2.33. The normalized spacial score (nSPS) is 24.7. The number of aliphatic hydroxyl groups is 1. The van der Waals surface area contributed by atoms with Gasteiger partial charge >= 0.3 is 0 Å². The molecule has 1 aromatic rings. The summed E-state index contributed by atoms with van der Waals surface area (Å²) in [6.07, 6.45) is 1.76. The first-order valence-electron chi connectivity index (χ1n) is 4.92. The van der Waals surface area contributed by atoms with Crippen molar-refractivity contribution in [1.29, 1.82) is 5.26 Å². The SMILES string of the molecule is N#CC1(O)CCN=C(c2ncccc2F)C1. The number of halogens is 1. The third-order valence-corrected chi connectivity index (χ3v) is 2.53. The summed E-state index contributed by atoms with van der Waals surface area (Å²) in [4.78, 5) is 7.98. The van der Waals surface area contributed by atoms with Gasteiger partial charge in [0.25, 0.3) is 0 Å². The number of aromatic nitrogens is 1. The first kappa shape index (κ1) is 10.7. The number of hydrogen-bond donors (Lipinski definition) is 1. The molecule has 1 unspecified atom stereocenters. The van der Waals surface area contributed by atoms with Crippen LogP contribution in [0.5, 0.6) is 0 Å². The van der Waals surface area contributed by atoms with E-state index < -0.39 is 11.4 Å². The van der Waals surface area contributed by atoms with Crippen molar-refractivity contribution >= 4 is 5.71 Å². The van der Waals surface area contributed by atoms with Crippen molar-refractivity contribution in [1.82, 2.24) is 4.98 Å². The molecule has 0 bridgehead atoms. The molecule has 4 nitrogen and oxygen atoms in total. The van der Waals surface area contributed by atoms with Gasteiger partial charge in [-0.2, -0.15) is 5.26 Å². The summed E-state index contributed by atoms with van der Waals surface area (Å²) >= 11 is 0. The zero-order chi connectivity index (χ0) is 11.6. The van der Waals surface area contributed by atoms with Crippen LogP contribution in [0.4, 0.5) is 4.39 Å². The summed E-state index contributed by atoms with van der Waals surface area (Å²) in [7, 11) is 0. The molecule has 1 aromatic heterocycles. The van der Waals surface area contributed by atoms with E-state index in [2.05, 4.69) is 9.98 Å². The summed E-state index contributed by atoms with van der Waals surface area (Å²) in [5.41, 5.74) is -0.967. The fourth-order valence-electron chi connectivity index (χ4n) is 1.65. The Morgan fingerprint density at radius 2 is 2.38 bits per heavy atom. The molecule has 0 spiro atoms. The van der Waals surface area contributed by atoms with E-state index in [9.17, 15) is 9.50 Å². The third kappa shape index (κ3) is 1.92. The van der Waals surface area contributed by atoms with Crippen LogP contribution in [0, 0.1) is 17.1 Å². The maximum absolute atomic E-state index is 13.4. The van der Waals surface area contributed by atoms with Gasteiger partial charge < -0.3 is 5.11 Å². The lowest BCUT2D eigenvalue weighted by atomic mass is 9.90. The maximum atomic E-state index is 13.4. The monoisotopic (exact) mass is 219 g/mol. The minimum atomic E-state index is -1.44. The quantitative estimate of drug-likeness (QED) is 0.718. The Kier molecular flexibility index (Phi) is 2.67. The van der Waals surface area contributed by atoms with Crippen molar-refractivity contribution in [2.75, 3.05) is 6.54 Å². The molecule has 0 aliphatic carbocycles. The molecule has 82 valence electrons. The van der Waals surface area contributed by atoms with Crippen LogP contribution in [0.25, 0.3) is 0 Å². The Balaban J connectivity index is 2.34. The minimum Gasteiger partial charge on any atom is -0.375 e. The highest BCUT2D eigenvalue weighted by atomic mass is 19.1. The van der Waals surface area contributed by atoms with Gasteiger partial charge in [0.2, 0.25) is 0 Å². The molecule has 0 amide bonds. The molecule has 2 heterocycles. The molecule has 1 N–H and O–H groups in total. The fraction of sp³-hybridized carbons (Fsp3) is 0.364. The van der Waals surface area contributed by atoms with E-state index in [4.69, 9.17) is 5.26 Å². The van der Waals surface area contributed by atoms with Crippen molar-refractivity contribution in [3.63, 3.8) is 0 Å². The largest absolute Gasteiger partial charge is 0.375 e. The van der Waals surface area contributed by atoms with Gasteiger partial charge in [-0.05, 0) is 12.1 Å². The Bertz CT molecular complexity index is 480. The Labute approximate surface area is 92.1 Å². The number of nitrogens with zero attached hydrogens (tertiary/aromatic N) is 3. The number of pyridine rings is 1. The van der Waals surface area contributed by atoms with E-state index in [1.165, 1.54) is 18.3 Å². The Morgan fingerprint density at radius 3 is 3.06 bits per heavy atom. The zero-order valence-corrected chi connectivity index (χ0v) is 8.52. The van der Waals surface area contributed by atoms with E-state index in [0.29, 0.717) is 12.3 Å². The topological polar surface area (TPSA) is 69.3 Å². The average molecular weight is 219 g/mol. The van der Waals surface area contributed by atoms with E-state index in [1.54, 1.807) is 0 Å². The molecular formula is C11H10FN3O. The van der Waals surface area contributed by atoms with Gasteiger partial charge in [-0.3, -0.25) is 9.98 Å². The van der Waals surface area contributed by atoms with E-state index in [0.717, 1.165) is 0 Å². The van der Waals surface area contributed by atoms with Gasteiger partial charge in [-0.15, -0.1) is 0 Å². The van der Waals surface area contributed by atoms with Crippen molar-refractivity contribution in [2.45, 2.75) is 18.4 Å². The third-order valence-electron chi connectivity index (χ3n) is 2.53. The predicted molar refractivity (Wildman–Crippen MR) is 55.4 cm³/mol. The number of nitriles is 1. The standard InChI is InChI=1S/C11H10FN3O/c12-8-2-1-4-15-10(8)9-6-11(16,7-13)3-5-14-9/h1-2,4,16H,3,5-6H2. The molecule has 16 heavy (non-hydrogen) atoms. The molecule has 1 aliphatic heterocycles. The fourth-order valence-corrected chi connectivity index (χ4v) is 1.65. The molecule has 1 aliphatic rings. The number of rotatable bonds is 1. The van der Waals surface area contributed by atoms with Crippen LogP contribution in [0.2, 0.25) is 0 Å². The molecular weight excluding hydrogens is 209 g/mol. The predicted octanol–water partition coefficient (Wildman–Crippen LogP) is 1.06. The molecule has 1 atom stereocenters. The lowest BCUT2D eigenvalue weighted by Crippen LogP contribution is -2.35. The first-order chi connectivity index (χ1) is 7.64. The first-order valence-corrected chi connectivity index (χ1v) is 4.92. The maximum Gasteiger partial charge on any atom is 0.158 e. The second-order valence-electron chi connectivity index (χ2n) is 3.73. The zero-order valence-electron chi connectivity index (χ0n) is 8.52. The second kappa shape index (κ2) is 3.99. The number of hydrogen-bond acceptors (Lipinski definition) is 4. The van der Waals surface area contributed by atoms with E-state index >= 15 is 0 Å². The molecule has 0 saturated carbocycles. The lowest BCUT2D eigenvalue weighted by molar-refractivity contribution is 0.0958. The highest BCUT2D eigenvalue weighted by Crippen LogP contribution is 2.23. The van der Waals surface area contributed by atoms with Crippen LogP contribution in [-0.2, 0) is 0 Å². The number of aliphatic imine (C=N–C) groups is 1. The summed E-state index contributed by atoms with van der Waals surface area (Å²) in [6.45, 7) is 0.315. The summed E-state index contributed by atoms with van der Waals surface area (Å²) < 4.78 is 13.4. The Hall–Kier alpha value is -1.80.